The molecule has 0 radical (unpaired) electrons. The van der Waals surface area contributed by atoms with Crippen molar-refractivity contribution in [3.63, 3.8) is 0 Å². The Labute approximate surface area is 84.2 Å². The van der Waals surface area contributed by atoms with Crippen LogP contribution in [0.15, 0.2) is 30.3 Å². The molecule has 0 bridgehead atoms. The molecule has 0 aliphatic carbocycles. The third-order valence-electron chi connectivity index (χ3n) is 2.78. The highest BCUT2D eigenvalue weighted by atomic mass is 16.3. The Kier molecular flexibility index (Phi) is 2.95. The van der Waals surface area contributed by atoms with Gasteiger partial charge in [-0.05, 0) is 19.4 Å². The normalized spacial score (nSPS) is 19.8. The molecule has 0 saturated heterocycles. The van der Waals surface area contributed by atoms with E-state index in [2.05, 4.69) is 0 Å². The molecule has 0 aromatic heterocycles. The van der Waals surface area contributed by atoms with E-state index in [1.807, 2.05) is 18.2 Å². The van der Waals surface area contributed by atoms with E-state index in [-0.39, 0.29) is 6.61 Å². The van der Waals surface area contributed by atoms with Gasteiger partial charge >= 0.3 is 0 Å². The molecule has 3 nitrogen and oxygen atoms in total. The summed E-state index contributed by atoms with van der Waals surface area (Å²) in [6.07, 6.45) is 0. The molecule has 0 saturated carbocycles. The standard InChI is InChI=1S/C11H17NO2/c1-10(12,8-13)11(2,14)9-6-4-3-5-7-9/h3-7,13-14H,8,12H2,1-2H3. The van der Waals surface area contributed by atoms with Gasteiger partial charge in [-0.1, -0.05) is 30.3 Å². The van der Waals surface area contributed by atoms with Crippen molar-refractivity contribution < 1.29 is 10.2 Å². The molecule has 0 fully saturated rings. The first-order chi connectivity index (χ1) is 6.42. The second-order valence-electron chi connectivity index (χ2n) is 4.01. The zero-order chi connectivity index (χ0) is 10.8. The van der Waals surface area contributed by atoms with Crippen LogP contribution in [0, 0.1) is 0 Å². The summed E-state index contributed by atoms with van der Waals surface area (Å²) >= 11 is 0. The minimum absolute atomic E-state index is 0.269. The number of hydrogen-bond donors (Lipinski definition) is 3. The summed E-state index contributed by atoms with van der Waals surface area (Å²) < 4.78 is 0. The maximum absolute atomic E-state index is 10.2. The number of benzene rings is 1. The zero-order valence-corrected chi connectivity index (χ0v) is 8.57. The summed E-state index contributed by atoms with van der Waals surface area (Å²) in [4.78, 5) is 0. The molecule has 14 heavy (non-hydrogen) atoms. The van der Waals surface area contributed by atoms with Gasteiger partial charge in [0.05, 0.1) is 12.1 Å². The molecule has 0 heterocycles. The van der Waals surface area contributed by atoms with Gasteiger partial charge in [0.15, 0.2) is 0 Å². The molecule has 0 amide bonds. The highest BCUT2D eigenvalue weighted by molar-refractivity contribution is 5.25. The Morgan fingerprint density at radius 3 is 2.14 bits per heavy atom. The molecule has 1 aromatic carbocycles. The molecule has 3 heteroatoms. The minimum atomic E-state index is -1.23. The Morgan fingerprint density at radius 1 is 1.21 bits per heavy atom. The molecule has 2 atom stereocenters. The van der Waals surface area contributed by atoms with Crippen molar-refractivity contribution in [1.82, 2.24) is 0 Å². The van der Waals surface area contributed by atoms with Gasteiger partial charge in [0, 0.05) is 0 Å². The average molecular weight is 195 g/mol. The molecular formula is C11H17NO2. The van der Waals surface area contributed by atoms with Crippen molar-refractivity contribution in [2.24, 2.45) is 5.73 Å². The van der Waals surface area contributed by atoms with Crippen LogP contribution in [0.5, 0.6) is 0 Å². The molecular weight excluding hydrogens is 178 g/mol. The Bertz CT molecular complexity index is 293. The van der Waals surface area contributed by atoms with Crippen LogP contribution in [-0.2, 0) is 5.60 Å². The number of rotatable bonds is 3. The number of aliphatic hydroxyl groups excluding tert-OH is 1. The van der Waals surface area contributed by atoms with E-state index >= 15 is 0 Å². The topological polar surface area (TPSA) is 66.5 Å². The van der Waals surface area contributed by atoms with Crippen molar-refractivity contribution >= 4 is 0 Å². The van der Waals surface area contributed by atoms with Gasteiger partial charge in [-0.25, -0.2) is 0 Å². The summed E-state index contributed by atoms with van der Waals surface area (Å²) in [6.45, 7) is 2.97. The molecule has 0 aliphatic rings. The van der Waals surface area contributed by atoms with Crippen LogP contribution in [0.25, 0.3) is 0 Å². The quantitative estimate of drug-likeness (QED) is 0.661. The van der Waals surface area contributed by atoms with Crippen molar-refractivity contribution in [1.29, 1.82) is 0 Å². The fourth-order valence-electron chi connectivity index (χ4n) is 1.25. The van der Waals surface area contributed by atoms with E-state index < -0.39 is 11.1 Å². The molecule has 4 N–H and O–H groups in total. The van der Waals surface area contributed by atoms with E-state index in [1.54, 1.807) is 26.0 Å². The van der Waals surface area contributed by atoms with Crippen LogP contribution >= 0.6 is 0 Å². The van der Waals surface area contributed by atoms with Crippen LogP contribution in [-0.4, -0.2) is 22.4 Å². The van der Waals surface area contributed by atoms with Gasteiger partial charge in [0.25, 0.3) is 0 Å². The van der Waals surface area contributed by atoms with Gasteiger partial charge < -0.3 is 15.9 Å². The third-order valence-corrected chi connectivity index (χ3v) is 2.78. The summed E-state index contributed by atoms with van der Waals surface area (Å²) in [5.41, 5.74) is 4.25. The zero-order valence-electron chi connectivity index (χ0n) is 8.57. The van der Waals surface area contributed by atoms with Crippen LogP contribution in [0.4, 0.5) is 0 Å². The minimum Gasteiger partial charge on any atom is -0.394 e. The first-order valence-corrected chi connectivity index (χ1v) is 4.59. The van der Waals surface area contributed by atoms with Gasteiger partial charge in [0.1, 0.15) is 5.60 Å². The maximum atomic E-state index is 10.2. The van der Waals surface area contributed by atoms with Crippen LogP contribution in [0.1, 0.15) is 19.4 Å². The summed E-state index contributed by atoms with van der Waals surface area (Å²) in [6, 6.07) is 9.11. The Balaban J connectivity index is 3.08. The van der Waals surface area contributed by atoms with Gasteiger partial charge in [-0.2, -0.15) is 0 Å². The average Bonchev–Trinajstić information content (AvgIpc) is 2.19. The van der Waals surface area contributed by atoms with E-state index in [0.29, 0.717) is 5.56 Å². The maximum Gasteiger partial charge on any atom is 0.107 e. The van der Waals surface area contributed by atoms with Crippen molar-refractivity contribution in [2.75, 3.05) is 6.61 Å². The highest BCUT2D eigenvalue weighted by Crippen LogP contribution is 2.30. The predicted molar refractivity (Wildman–Crippen MR) is 55.7 cm³/mol. The number of aliphatic hydroxyl groups is 2. The number of nitrogens with two attached hydrogens (primary N) is 1. The summed E-state index contributed by atoms with van der Waals surface area (Å²) in [7, 11) is 0. The highest BCUT2D eigenvalue weighted by Gasteiger charge is 2.40. The van der Waals surface area contributed by atoms with Crippen molar-refractivity contribution in [3.05, 3.63) is 35.9 Å². The lowest BCUT2D eigenvalue weighted by Crippen LogP contribution is -2.57. The van der Waals surface area contributed by atoms with Gasteiger partial charge in [0.2, 0.25) is 0 Å². The van der Waals surface area contributed by atoms with Crippen LogP contribution in [0.3, 0.4) is 0 Å². The lowest BCUT2D eigenvalue weighted by atomic mass is 9.79. The van der Waals surface area contributed by atoms with Crippen LogP contribution < -0.4 is 5.73 Å². The monoisotopic (exact) mass is 195 g/mol. The molecule has 1 aromatic rings. The van der Waals surface area contributed by atoms with Crippen molar-refractivity contribution in [3.8, 4) is 0 Å². The summed E-state index contributed by atoms with van der Waals surface area (Å²) in [5.74, 6) is 0. The fraction of sp³-hybridized carbons (Fsp3) is 0.455. The fourth-order valence-corrected chi connectivity index (χ4v) is 1.25. The molecule has 0 spiro atoms. The van der Waals surface area contributed by atoms with Gasteiger partial charge in [-0.15, -0.1) is 0 Å². The molecule has 78 valence electrons. The molecule has 2 unspecified atom stereocenters. The van der Waals surface area contributed by atoms with E-state index in [1.165, 1.54) is 0 Å². The summed E-state index contributed by atoms with van der Waals surface area (Å²) in [5, 5.41) is 19.3. The largest absolute Gasteiger partial charge is 0.394 e. The lowest BCUT2D eigenvalue weighted by Gasteiger charge is -2.38. The number of hydrogen-bond acceptors (Lipinski definition) is 3. The van der Waals surface area contributed by atoms with Crippen molar-refractivity contribution in [2.45, 2.75) is 25.0 Å². The SMILES string of the molecule is CC(N)(CO)C(C)(O)c1ccccc1. The smallest absolute Gasteiger partial charge is 0.107 e. The predicted octanol–water partition coefficient (Wildman–Crippen LogP) is 0.604. The van der Waals surface area contributed by atoms with E-state index in [4.69, 9.17) is 10.8 Å². The van der Waals surface area contributed by atoms with Crippen LogP contribution in [0.2, 0.25) is 0 Å². The Hall–Kier alpha value is -0.900. The second kappa shape index (κ2) is 3.69. The first-order valence-electron chi connectivity index (χ1n) is 4.59. The van der Waals surface area contributed by atoms with Gasteiger partial charge in [-0.3, -0.25) is 0 Å². The van der Waals surface area contributed by atoms with E-state index in [9.17, 15) is 5.11 Å². The molecule has 1 rings (SSSR count). The second-order valence-corrected chi connectivity index (χ2v) is 4.01. The van der Waals surface area contributed by atoms with E-state index in [0.717, 1.165) is 0 Å². The Morgan fingerprint density at radius 2 is 1.71 bits per heavy atom. The first kappa shape index (κ1) is 11.2. The lowest BCUT2D eigenvalue weighted by molar-refractivity contribution is -0.0402. The third kappa shape index (κ3) is 1.80. The molecule has 0 aliphatic heterocycles.